The minimum absolute atomic E-state index is 0.0946. The van der Waals surface area contributed by atoms with E-state index in [4.69, 9.17) is 5.73 Å². The van der Waals surface area contributed by atoms with Gasteiger partial charge in [-0.2, -0.15) is 11.8 Å². The van der Waals surface area contributed by atoms with Crippen molar-refractivity contribution in [2.45, 2.75) is 54.9 Å². The van der Waals surface area contributed by atoms with E-state index in [1.165, 1.54) is 23.8 Å². The first-order valence-corrected chi connectivity index (χ1v) is 13.6. The molecule has 0 saturated heterocycles. The van der Waals surface area contributed by atoms with Crippen molar-refractivity contribution in [3.05, 3.63) is 46.2 Å². The fraction of sp³-hybridized carbons (Fsp3) is 0.519. The number of carbonyl (C=O) groups is 3. The number of aliphatic hydroxyl groups is 3. The monoisotopic (exact) mass is 528 g/mol. The minimum Gasteiger partial charge on any atom is -0.508 e. The molecule has 10 heteroatoms. The lowest BCUT2D eigenvalue weighted by molar-refractivity contribution is -0.154. The Labute approximate surface area is 219 Å². The third kappa shape index (κ3) is 3.72. The molecule has 4 aliphatic carbocycles. The van der Waals surface area contributed by atoms with Gasteiger partial charge in [0.05, 0.1) is 11.6 Å². The van der Waals surface area contributed by atoms with Crippen LogP contribution in [0.5, 0.6) is 5.75 Å². The largest absolute Gasteiger partial charge is 0.508 e. The Hall–Kier alpha value is -2.82. The molecule has 1 amide bonds. The van der Waals surface area contributed by atoms with Crippen LogP contribution in [0.25, 0.3) is 5.76 Å². The van der Waals surface area contributed by atoms with Gasteiger partial charge in [-0.25, -0.2) is 0 Å². The van der Waals surface area contributed by atoms with Crippen LogP contribution >= 0.6 is 11.8 Å². The second kappa shape index (κ2) is 9.18. The maximum absolute atomic E-state index is 14.1. The number of nitrogens with zero attached hydrogens (tertiary/aromatic N) is 1. The van der Waals surface area contributed by atoms with Gasteiger partial charge in [-0.15, -0.1) is 0 Å². The molecule has 198 valence electrons. The molecule has 0 bridgehead atoms. The van der Waals surface area contributed by atoms with Gasteiger partial charge >= 0.3 is 0 Å². The third-order valence-electron chi connectivity index (χ3n) is 8.57. The summed E-state index contributed by atoms with van der Waals surface area (Å²) in [4.78, 5) is 41.0. The average molecular weight is 529 g/mol. The summed E-state index contributed by atoms with van der Waals surface area (Å²) in [6.07, 6.45) is 4.65. The number of ketones is 2. The molecule has 5 atom stereocenters. The van der Waals surface area contributed by atoms with Crippen molar-refractivity contribution >= 4 is 35.0 Å². The zero-order chi connectivity index (χ0) is 26.8. The zero-order valence-electron chi connectivity index (χ0n) is 20.8. The molecule has 0 spiro atoms. The number of fused-ring (bicyclic) bond motifs is 3. The van der Waals surface area contributed by atoms with Crippen LogP contribution in [0.3, 0.4) is 0 Å². The highest BCUT2D eigenvalue weighted by Gasteiger charge is 2.65. The van der Waals surface area contributed by atoms with E-state index in [2.05, 4.69) is 0 Å². The number of thioether (sulfide) groups is 1. The summed E-state index contributed by atoms with van der Waals surface area (Å²) in [5.74, 6) is -6.01. The number of carbonyl (C=O) groups excluding carboxylic acids is 3. The number of aliphatic hydroxyl groups excluding tert-OH is 2. The number of aromatic hydroxyl groups is 1. The number of benzene rings is 1. The molecule has 2 fully saturated rings. The number of Topliss-reactive ketones (excluding diaryl/α,β-unsaturated/α-hetero) is 2. The molecule has 0 radical (unpaired) electrons. The summed E-state index contributed by atoms with van der Waals surface area (Å²) in [6.45, 7) is 0. The fourth-order valence-electron chi connectivity index (χ4n) is 6.84. The van der Waals surface area contributed by atoms with Crippen molar-refractivity contribution < 1.29 is 34.8 Å². The van der Waals surface area contributed by atoms with Crippen LogP contribution in [0, 0.1) is 11.8 Å². The quantitative estimate of drug-likeness (QED) is 0.361. The third-order valence-corrected chi connectivity index (χ3v) is 10.1. The predicted octanol–water partition coefficient (Wildman–Crippen LogP) is 2.18. The van der Waals surface area contributed by atoms with Crippen LogP contribution in [-0.2, 0) is 14.4 Å². The summed E-state index contributed by atoms with van der Waals surface area (Å²) in [5, 5.41) is 45.2. The van der Waals surface area contributed by atoms with Gasteiger partial charge in [0.2, 0.25) is 5.78 Å². The summed E-state index contributed by atoms with van der Waals surface area (Å²) in [7, 11) is 3.19. The summed E-state index contributed by atoms with van der Waals surface area (Å²) >= 11 is 1.80. The standard InChI is InChI=1S/C27H32N2O7S/c1-29(2)21-16-10-14-15(11-37-12-6-3-4-7-12)13-8-5-9-17(30)18(13)22(31)19(14)24(33)27(16,36)25(34)20(23(21)32)26(28)35/h5,8-9,12,14-16,21,30-31,34,36H,3-4,6-7,10-11H2,1-2H3,(H2,28,35)/t14?,15-,16?,21-,27-/m0/s1. The Kier molecular flexibility index (Phi) is 6.40. The summed E-state index contributed by atoms with van der Waals surface area (Å²) in [5.41, 5.74) is 2.68. The first kappa shape index (κ1) is 25.8. The molecule has 5 rings (SSSR count). The van der Waals surface area contributed by atoms with Crippen LogP contribution in [0.1, 0.15) is 49.1 Å². The van der Waals surface area contributed by atoms with Crippen molar-refractivity contribution in [3.8, 4) is 5.75 Å². The van der Waals surface area contributed by atoms with Crippen molar-refractivity contribution in [1.82, 2.24) is 4.90 Å². The van der Waals surface area contributed by atoms with E-state index in [0.717, 1.165) is 12.8 Å². The highest BCUT2D eigenvalue weighted by molar-refractivity contribution is 7.99. The number of primary amides is 1. The lowest BCUT2D eigenvalue weighted by Gasteiger charge is -2.51. The lowest BCUT2D eigenvalue weighted by Crippen LogP contribution is -2.66. The molecular weight excluding hydrogens is 496 g/mol. The Bertz CT molecular complexity index is 1250. The predicted molar refractivity (Wildman–Crippen MR) is 138 cm³/mol. The van der Waals surface area contributed by atoms with Crippen molar-refractivity contribution in [1.29, 1.82) is 0 Å². The van der Waals surface area contributed by atoms with Crippen LogP contribution < -0.4 is 5.73 Å². The highest BCUT2D eigenvalue weighted by atomic mass is 32.2. The van der Waals surface area contributed by atoms with Crippen molar-refractivity contribution in [3.63, 3.8) is 0 Å². The molecule has 2 unspecified atom stereocenters. The number of hydrogen-bond acceptors (Lipinski definition) is 9. The Balaban J connectivity index is 1.69. The maximum atomic E-state index is 14.1. The van der Waals surface area contributed by atoms with Crippen LogP contribution in [0.2, 0.25) is 0 Å². The minimum atomic E-state index is -2.63. The van der Waals surface area contributed by atoms with E-state index >= 15 is 0 Å². The molecule has 4 aliphatic rings. The maximum Gasteiger partial charge on any atom is 0.255 e. The van der Waals surface area contributed by atoms with Gasteiger partial charge in [-0.05, 0) is 50.9 Å². The lowest BCUT2D eigenvalue weighted by atomic mass is 9.55. The summed E-state index contributed by atoms with van der Waals surface area (Å²) in [6, 6.07) is 3.85. The van der Waals surface area contributed by atoms with Crippen LogP contribution in [0.4, 0.5) is 0 Å². The van der Waals surface area contributed by atoms with Crippen LogP contribution in [0.15, 0.2) is 35.1 Å². The highest BCUT2D eigenvalue weighted by Crippen LogP contribution is 2.56. The normalized spacial score (nSPS) is 32.0. The topological polar surface area (TPSA) is 161 Å². The van der Waals surface area contributed by atoms with E-state index < -0.39 is 58.0 Å². The molecular formula is C27H32N2O7S. The summed E-state index contributed by atoms with van der Waals surface area (Å²) < 4.78 is 0. The Morgan fingerprint density at radius 2 is 1.84 bits per heavy atom. The fourth-order valence-corrected chi connectivity index (χ4v) is 8.40. The first-order chi connectivity index (χ1) is 17.5. The molecule has 0 aliphatic heterocycles. The number of hydrogen-bond donors (Lipinski definition) is 5. The van der Waals surface area contributed by atoms with Gasteiger partial charge in [0.25, 0.3) is 5.91 Å². The van der Waals surface area contributed by atoms with Gasteiger partial charge in [-0.3, -0.25) is 19.3 Å². The van der Waals surface area contributed by atoms with E-state index in [9.17, 15) is 34.8 Å². The van der Waals surface area contributed by atoms with Gasteiger partial charge in [-0.1, -0.05) is 25.0 Å². The molecule has 0 aromatic heterocycles. The molecule has 37 heavy (non-hydrogen) atoms. The number of rotatable bonds is 5. The Morgan fingerprint density at radius 3 is 2.46 bits per heavy atom. The second-order valence-electron chi connectivity index (χ2n) is 10.8. The molecule has 2 saturated carbocycles. The molecule has 1 aromatic carbocycles. The van der Waals surface area contributed by atoms with E-state index in [1.54, 1.807) is 31.9 Å². The van der Waals surface area contributed by atoms with Gasteiger partial charge < -0.3 is 26.2 Å². The first-order valence-electron chi connectivity index (χ1n) is 12.6. The number of amides is 1. The van der Waals surface area contributed by atoms with Crippen molar-refractivity contribution in [2.24, 2.45) is 17.6 Å². The molecule has 0 heterocycles. The van der Waals surface area contributed by atoms with Crippen LogP contribution in [-0.4, -0.2) is 79.5 Å². The molecule has 1 aromatic rings. The van der Waals surface area contributed by atoms with E-state index in [0.29, 0.717) is 16.6 Å². The number of phenolic OH excluding ortho intramolecular Hbond substituents is 1. The SMILES string of the molecule is CN(C)[C@@H]1C(=O)C(C(N)=O)=C(O)[C@@]2(O)C(=O)C3=C(O)c4c(O)cccc4[C@H](CSC4CCCC4)C3CC12. The average Bonchev–Trinajstić information content (AvgIpc) is 3.34. The number of likely N-dealkylation sites (N-methyl/N-ethyl adjacent to an activating group) is 1. The smallest absolute Gasteiger partial charge is 0.255 e. The Morgan fingerprint density at radius 1 is 1.16 bits per heavy atom. The zero-order valence-corrected chi connectivity index (χ0v) is 21.6. The molecule has 6 N–H and O–H groups in total. The van der Waals surface area contributed by atoms with E-state index in [-0.39, 0.29) is 29.2 Å². The van der Waals surface area contributed by atoms with Gasteiger partial charge in [0.1, 0.15) is 22.8 Å². The second-order valence-corrected chi connectivity index (χ2v) is 12.1. The molecule has 9 nitrogen and oxygen atoms in total. The van der Waals surface area contributed by atoms with Gasteiger partial charge in [0, 0.05) is 28.4 Å². The van der Waals surface area contributed by atoms with Crippen molar-refractivity contribution in [2.75, 3.05) is 19.8 Å². The van der Waals surface area contributed by atoms with Gasteiger partial charge in [0.15, 0.2) is 11.4 Å². The number of phenols is 1. The van der Waals surface area contributed by atoms with E-state index in [1.807, 2.05) is 6.07 Å². The number of nitrogens with two attached hydrogens (primary N) is 1.